The van der Waals surface area contributed by atoms with Crippen LogP contribution in [0.15, 0.2) is 22.7 Å². The van der Waals surface area contributed by atoms with Gasteiger partial charge in [0.25, 0.3) is 0 Å². The molecule has 0 unspecified atom stereocenters. The van der Waals surface area contributed by atoms with Gasteiger partial charge in [-0.05, 0) is 25.1 Å². The molecule has 74 valence electrons. The summed E-state index contributed by atoms with van der Waals surface area (Å²) < 4.78 is 15.0. The van der Waals surface area contributed by atoms with E-state index in [1.165, 1.54) is 0 Å². The summed E-state index contributed by atoms with van der Waals surface area (Å²) in [4.78, 5) is 0. The molecule has 0 saturated carbocycles. The van der Waals surface area contributed by atoms with E-state index in [-0.39, 0.29) is 6.04 Å². The summed E-state index contributed by atoms with van der Waals surface area (Å²) in [6, 6.07) is 5.37. The molecule has 1 heterocycles. The minimum Gasteiger partial charge on any atom is -0.249 e. The van der Waals surface area contributed by atoms with Gasteiger partial charge in [0, 0.05) is 4.47 Å². The molecule has 0 amide bonds. The van der Waals surface area contributed by atoms with E-state index in [0.29, 0.717) is 0 Å². The van der Waals surface area contributed by atoms with E-state index in [9.17, 15) is 4.39 Å². The van der Waals surface area contributed by atoms with Crippen molar-refractivity contribution in [3.05, 3.63) is 22.7 Å². The molecule has 0 aliphatic heterocycles. The van der Waals surface area contributed by atoms with Crippen LogP contribution >= 0.6 is 15.9 Å². The van der Waals surface area contributed by atoms with Gasteiger partial charge in [0.1, 0.15) is 12.2 Å². The maximum atomic E-state index is 12.5. The van der Waals surface area contributed by atoms with Crippen molar-refractivity contribution >= 4 is 27.0 Å². The average molecular weight is 258 g/mol. The number of aromatic nitrogens is 3. The van der Waals surface area contributed by atoms with Crippen molar-refractivity contribution in [1.82, 2.24) is 15.0 Å². The van der Waals surface area contributed by atoms with Gasteiger partial charge in [0.2, 0.25) is 0 Å². The van der Waals surface area contributed by atoms with Crippen molar-refractivity contribution in [2.75, 3.05) is 6.67 Å². The highest BCUT2D eigenvalue weighted by Crippen LogP contribution is 2.20. The van der Waals surface area contributed by atoms with Gasteiger partial charge in [0.05, 0.1) is 11.6 Å². The van der Waals surface area contributed by atoms with Crippen LogP contribution < -0.4 is 0 Å². The number of hydrogen-bond donors (Lipinski definition) is 0. The van der Waals surface area contributed by atoms with E-state index in [1.807, 2.05) is 18.2 Å². The smallest absolute Gasteiger partial charge is 0.113 e. The van der Waals surface area contributed by atoms with E-state index >= 15 is 0 Å². The van der Waals surface area contributed by atoms with Crippen LogP contribution in [0, 0.1) is 0 Å². The molecule has 0 N–H and O–H groups in total. The predicted molar refractivity (Wildman–Crippen MR) is 55.9 cm³/mol. The van der Waals surface area contributed by atoms with Gasteiger partial charge in [-0.2, -0.15) is 0 Å². The van der Waals surface area contributed by atoms with Crippen molar-refractivity contribution in [1.29, 1.82) is 0 Å². The molecular formula is C9H9BrFN3. The SMILES string of the molecule is C[C@H](CF)n1nnc2ccc(Br)cc21. The summed E-state index contributed by atoms with van der Waals surface area (Å²) >= 11 is 3.36. The normalized spacial score (nSPS) is 13.4. The molecule has 0 spiro atoms. The number of fused-ring (bicyclic) bond motifs is 1. The first-order valence-electron chi connectivity index (χ1n) is 4.29. The fourth-order valence-electron chi connectivity index (χ4n) is 1.30. The lowest BCUT2D eigenvalue weighted by molar-refractivity contribution is 0.357. The number of hydrogen-bond acceptors (Lipinski definition) is 2. The molecule has 5 heteroatoms. The fourth-order valence-corrected chi connectivity index (χ4v) is 1.65. The van der Waals surface area contributed by atoms with Gasteiger partial charge in [-0.1, -0.05) is 21.1 Å². The van der Waals surface area contributed by atoms with Gasteiger partial charge in [0.15, 0.2) is 0 Å². The zero-order valence-electron chi connectivity index (χ0n) is 7.61. The number of alkyl halides is 1. The summed E-state index contributed by atoms with van der Waals surface area (Å²) in [5.74, 6) is 0. The molecule has 2 rings (SSSR count). The molecule has 0 radical (unpaired) electrons. The molecule has 1 atom stereocenters. The Morgan fingerprint density at radius 2 is 2.36 bits per heavy atom. The first kappa shape index (κ1) is 9.58. The maximum Gasteiger partial charge on any atom is 0.113 e. The van der Waals surface area contributed by atoms with Crippen molar-refractivity contribution in [3.63, 3.8) is 0 Å². The highest BCUT2D eigenvalue weighted by atomic mass is 79.9. The molecule has 0 bridgehead atoms. The lowest BCUT2D eigenvalue weighted by atomic mass is 10.3. The van der Waals surface area contributed by atoms with Crippen LogP contribution in [0.25, 0.3) is 11.0 Å². The van der Waals surface area contributed by atoms with Crippen LogP contribution in [-0.4, -0.2) is 21.7 Å². The molecule has 0 aliphatic carbocycles. The Morgan fingerprint density at radius 1 is 1.57 bits per heavy atom. The molecule has 3 nitrogen and oxygen atoms in total. The van der Waals surface area contributed by atoms with E-state index < -0.39 is 6.67 Å². The standard InChI is InChI=1S/C9H9BrFN3/c1-6(5-11)14-9-4-7(10)2-3-8(9)12-13-14/h2-4,6H,5H2,1H3/t6-/m1/s1. The van der Waals surface area contributed by atoms with Gasteiger partial charge < -0.3 is 0 Å². The third kappa shape index (κ3) is 1.52. The van der Waals surface area contributed by atoms with Crippen molar-refractivity contribution < 1.29 is 4.39 Å². The molecule has 14 heavy (non-hydrogen) atoms. The van der Waals surface area contributed by atoms with Gasteiger partial charge in [-0.25, -0.2) is 9.07 Å². The van der Waals surface area contributed by atoms with Crippen LogP contribution in [0.1, 0.15) is 13.0 Å². The monoisotopic (exact) mass is 257 g/mol. The first-order chi connectivity index (χ1) is 6.72. The first-order valence-corrected chi connectivity index (χ1v) is 5.08. The molecule has 0 aliphatic rings. The van der Waals surface area contributed by atoms with Gasteiger partial charge in [-0.3, -0.25) is 0 Å². The van der Waals surface area contributed by atoms with E-state index in [4.69, 9.17) is 0 Å². The van der Waals surface area contributed by atoms with Crippen molar-refractivity contribution in [2.45, 2.75) is 13.0 Å². The van der Waals surface area contributed by atoms with E-state index in [2.05, 4.69) is 26.2 Å². The second-order valence-corrected chi connectivity index (χ2v) is 4.09. The summed E-state index contributed by atoms with van der Waals surface area (Å²) in [6.07, 6.45) is 0. The lowest BCUT2D eigenvalue weighted by Gasteiger charge is -2.06. The molecule has 0 saturated heterocycles. The average Bonchev–Trinajstić information content (AvgIpc) is 2.59. The van der Waals surface area contributed by atoms with Crippen molar-refractivity contribution in [3.8, 4) is 0 Å². The Morgan fingerprint density at radius 3 is 3.07 bits per heavy atom. The van der Waals surface area contributed by atoms with Crippen LogP contribution in [0.3, 0.4) is 0 Å². The Labute approximate surface area is 89.0 Å². The summed E-state index contributed by atoms with van der Waals surface area (Å²) in [5, 5.41) is 7.87. The van der Waals surface area contributed by atoms with Gasteiger partial charge in [-0.15, -0.1) is 5.10 Å². The van der Waals surface area contributed by atoms with Crippen LogP contribution in [-0.2, 0) is 0 Å². The summed E-state index contributed by atoms with van der Waals surface area (Å²) in [7, 11) is 0. The predicted octanol–water partition coefficient (Wildman–Crippen LogP) is 2.72. The number of nitrogens with zero attached hydrogens (tertiary/aromatic N) is 3. The fraction of sp³-hybridized carbons (Fsp3) is 0.333. The molecule has 1 aromatic heterocycles. The highest BCUT2D eigenvalue weighted by Gasteiger charge is 2.10. The largest absolute Gasteiger partial charge is 0.249 e. The quantitative estimate of drug-likeness (QED) is 0.829. The Hall–Kier alpha value is -0.970. The van der Waals surface area contributed by atoms with E-state index in [1.54, 1.807) is 11.6 Å². The zero-order valence-corrected chi connectivity index (χ0v) is 9.20. The molecule has 1 aromatic carbocycles. The van der Waals surface area contributed by atoms with Crippen LogP contribution in [0.5, 0.6) is 0 Å². The topological polar surface area (TPSA) is 30.7 Å². The highest BCUT2D eigenvalue weighted by molar-refractivity contribution is 9.10. The lowest BCUT2D eigenvalue weighted by Crippen LogP contribution is -2.08. The molecule has 0 fully saturated rings. The Balaban J connectivity index is 2.61. The third-order valence-corrected chi connectivity index (χ3v) is 2.57. The second-order valence-electron chi connectivity index (χ2n) is 3.17. The summed E-state index contributed by atoms with van der Waals surface area (Å²) in [6.45, 7) is 1.33. The Bertz CT molecular complexity index is 454. The van der Waals surface area contributed by atoms with Crippen molar-refractivity contribution in [2.24, 2.45) is 0 Å². The summed E-state index contributed by atoms with van der Waals surface area (Å²) in [5.41, 5.74) is 1.64. The number of benzene rings is 1. The minimum absolute atomic E-state index is 0.269. The zero-order chi connectivity index (χ0) is 10.1. The number of rotatable bonds is 2. The molecular weight excluding hydrogens is 249 g/mol. The second kappa shape index (κ2) is 3.65. The minimum atomic E-state index is -0.440. The van der Waals surface area contributed by atoms with Crippen LogP contribution in [0.4, 0.5) is 4.39 Å². The van der Waals surface area contributed by atoms with Gasteiger partial charge >= 0.3 is 0 Å². The maximum absolute atomic E-state index is 12.5. The molecule has 2 aromatic rings. The third-order valence-electron chi connectivity index (χ3n) is 2.07. The Kier molecular flexibility index (Phi) is 2.50. The van der Waals surface area contributed by atoms with E-state index in [0.717, 1.165) is 15.5 Å². The number of halogens is 2. The van der Waals surface area contributed by atoms with Crippen LogP contribution in [0.2, 0.25) is 0 Å².